The first-order valence-electron chi connectivity index (χ1n) is 10.1. The molecule has 2 aromatic carbocycles. The summed E-state index contributed by atoms with van der Waals surface area (Å²) in [6.45, 7) is 4.83. The fourth-order valence-corrected chi connectivity index (χ4v) is 5.28. The maximum Gasteiger partial charge on any atom is 0.243 e. The second-order valence-electron chi connectivity index (χ2n) is 6.64. The average molecular weight is 478 g/mol. The van der Waals surface area contributed by atoms with Gasteiger partial charge in [0, 0.05) is 24.4 Å². The lowest BCUT2D eigenvalue weighted by molar-refractivity contribution is 0.313. The highest BCUT2D eigenvalue weighted by Crippen LogP contribution is 2.27. The summed E-state index contributed by atoms with van der Waals surface area (Å²) in [7, 11) is -1.99. The third kappa shape index (κ3) is 5.17. The highest BCUT2D eigenvalue weighted by Gasteiger charge is 2.23. The van der Waals surface area contributed by atoms with Gasteiger partial charge in [0.15, 0.2) is 17.3 Å². The molecule has 0 fully saturated rings. The monoisotopic (exact) mass is 477 g/mol. The zero-order valence-electron chi connectivity index (χ0n) is 18.3. The van der Waals surface area contributed by atoms with Gasteiger partial charge < -0.3 is 15.3 Å². The first-order valence-corrected chi connectivity index (χ1v) is 12.5. The van der Waals surface area contributed by atoms with Crippen molar-refractivity contribution in [3.63, 3.8) is 0 Å². The Morgan fingerprint density at radius 3 is 2.47 bits per heavy atom. The number of sulfonamides is 1. The Labute approximate surface area is 192 Å². The van der Waals surface area contributed by atoms with Crippen molar-refractivity contribution in [2.45, 2.75) is 23.9 Å². The SMILES string of the molecule is CCN(CC)S(=O)(=O)c1cccc(-c2nnc(SCCOc3ccccc3OC)n2N)c1. The van der Waals surface area contributed by atoms with E-state index < -0.39 is 10.0 Å². The quantitative estimate of drug-likeness (QED) is 0.255. The minimum absolute atomic E-state index is 0.195. The summed E-state index contributed by atoms with van der Waals surface area (Å²) in [4.78, 5) is 0.195. The highest BCUT2D eigenvalue weighted by molar-refractivity contribution is 7.99. The lowest BCUT2D eigenvalue weighted by Crippen LogP contribution is -2.30. The predicted octanol–water partition coefficient (Wildman–Crippen LogP) is 2.87. The number of aromatic nitrogens is 3. The van der Waals surface area contributed by atoms with E-state index in [1.807, 2.05) is 38.1 Å². The van der Waals surface area contributed by atoms with Crippen LogP contribution in [0.25, 0.3) is 11.4 Å². The Kier molecular flexibility index (Phi) is 7.99. The molecule has 1 aromatic heterocycles. The lowest BCUT2D eigenvalue weighted by Gasteiger charge is -2.18. The molecule has 0 saturated heterocycles. The number of ether oxygens (including phenoxy) is 2. The standard InChI is InChI=1S/C21H27N5O4S2/c1-4-25(5-2)32(27,28)17-10-8-9-16(15-17)20-23-24-21(26(20)22)31-14-13-30-19-12-7-6-11-18(19)29-3/h6-12,15H,4-5,13-14,22H2,1-3H3. The largest absolute Gasteiger partial charge is 0.493 e. The molecule has 0 bridgehead atoms. The molecule has 11 heteroatoms. The van der Waals surface area contributed by atoms with Crippen LogP contribution in [0.2, 0.25) is 0 Å². The number of thioether (sulfide) groups is 1. The molecule has 2 N–H and O–H groups in total. The molecule has 0 spiro atoms. The summed E-state index contributed by atoms with van der Waals surface area (Å²) in [5, 5.41) is 8.80. The molecule has 0 atom stereocenters. The lowest BCUT2D eigenvalue weighted by atomic mass is 10.2. The van der Waals surface area contributed by atoms with E-state index in [1.54, 1.807) is 31.4 Å². The van der Waals surface area contributed by atoms with Crippen molar-refractivity contribution in [3.05, 3.63) is 48.5 Å². The van der Waals surface area contributed by atoms with Gasteiger partial charge in [0.25, 0.3) is 0 Å². The maximum atomic E-state index is 12.8. The van der Waals surface area contributed by atoms with E-state index in [2.05, 4.69) is 10.2 Å². The number of rotatable bonds is 11. The van der Waals surface area contributed by atoms with Crippen LogP contribution in [0.15, 0.2) is 58.6 Å². The summed E-state index contributed by atoms with van der Waals surface area (Å²) < 4.78 is 39.5. The number of benzene rings is 2. The van der Waals surface area contributed by atoms with Crippen LogP contribution in [0.4, 0.5) is 0 Å². The van der Waals surface area contributed by atoms with Gasteiger partial charge in [-0.2, -0.15) is 4.31 Å². The van der Waals surface area contributed by atoms with Gasteiger partial charge in [0.2, 0.25) is 15.2 Å². The first kappa shape index (κ1) is 23.9. The van der Waals surface area contributed by atoms with Crippen molar-refractivity contribution in [3.8, 4) is 22.9 Å². The third-order valence-electron chi connectivity index (χ3n) is 4.74. The van der Waals surface area contributed by atoms with Crippen molar-refractivity contribution >= 4 is 21.8 Å². The molecule has 3 rings (SSSR count). The van der Waals surface area contributed by atoms with Crippen molar-refractivity contribution in [2.75, 3.05) is 38.4 Å². The predicted molar refractivity (Wildman–Crippen MR) is 125 cm³/mol. The molecule has 3 aromatic rings. The smallest absolute Gasteiger partial charge is 0.243 e. The maximum absolute atomic E-state index is 12.8. The molecular formula is C21H27N5O4S2. The summed E-state index contributed by atoms with van der Waals surface area (Å²) >= 11 is 1.39. The fourth-order valence-electron chi connectivity index (χ4n) is 3.10. The van der Waals surface area contributed by atoms with Crippen LogP contribution in [0, 0.1) is 0 Å². The number of nitrogens with zero attached hydrogens (tertiary/aromatic N) is 4. The summed E-state index contributed by atoms with van der Waals surface area (Å²) in [6.07, 6.45) is 0. The zero-order valence-corrected chi connectivity index (χ0v) is 19.9. The number of methoxy groups -OCH3 is 1. The Morgan fingerprint density at radius 2 is 1.78 bits per heavy atom. The van der Waals surface area contributed by atoms with Crippen molar-refractivity contribution < 1.29 is 17.9 Å². The van der Waals surface area contributed by atoms with Gasteiger partial charge in [-0.05, 0) is 24.3 Å². The Balaban J connectivity index is 1.70. The summed E-state index contributed by atoms with van der Waals surface area (Å²) in [5.74, 6) is 8.50. The molecule has 9 nitrogen and oxygen atoms in total. The molecule has 0 aliphatic carbocycles. The van der Waals surface area contributed by atoms with Crippen molar-refractivity contribution in [2.24, 2.45) is 0 Å². The Bertz CT molecular complexity index is 1150. The zero-order chi connectivity index (χ0) is 23.1. The average Bonchev–Trinajstić information content (AvgIpc) is 3.18. The fraction of sp³-hybridized carbons (Fsp3) is 0.333. The van der Waals surface area contributed by atoms with E-state index in [9.17, 15) is 8.42 Å². The normalized spacial score (nSPS) is 11.6. The Morgan fingerprint density at radius 1 is 1.06 bits per heavy atom. The summed E-state index contributed by atoms with van der Waals surface area (Å²) in [6, 6.07) is 14.0. The molecule has 0 radical (unpaired) electrons. The van der Waals surface area contributed by atoms with Crippen LogP contribution >= 0.6 is 11.8 Å². The van der Waals surface area contributed by atoms with Crippen LogP contribution in [0.1, 0.15) is 13.8 Å². The van der Waals surface area contributed by atoms with Crippen molar-refractivity contribution in [1.29, 1.82) is 0 Å². The third-order valence-corrected chi connectivity index (χ3v) is 7.69. The van der Waals surface area contributed by atoms with Crippen LogP contribution < -0.4 is 15.3 Å². The van der Waals surface area contributed by atoms with E-state index in [0.717, 1.165) is 0 Å². The van der Waals surface area contributed by atoms with E-state index in [4.69, 9.17) is 15.3 Å². The molecule has 0 saturated carbocycles. The molecular weight excluding hydrogens is 450 g/mol. The number of hydrogen-bond acceptors (Lipinski definition) is 8. The minimum Gasteiger partial charge on any atom is -0.493 e. The Hall–Kier alpha value is -2.76. The topological polar surface area (TPSA) is 113 Å². The van der Waals surface area contributed by atoms with Gasteiger partial charge in [-0.15, -0.1) is 10.2 Å². The summed E-state index contributed by atoms with van der Waals surface area (Å²) in [5.41, 5.74) is 0.574. The van der Waals surface area contributed by atoms with Crippen LogP contribution in [0.3, 0.4) is 0 Å². The molecule has 0 aliphatic heterocycles. The van der Waals surface area contributed by atoms with Gasteiger partial charge in [-0.3, -0.25) is 0 Å². The van der Waals surface area contributed by atoms with E-state index in [1.165, 1.54) is 20.7 Å². The van der Waals surface area contributed by atoms with E-state index >= 15 is 0 Å². The van der Waals surface area contributed by atoms with Gasteiger partial charge in [0.05, 0.1) is 18.6 Å². The molecule has 1 heterocycles. The number of hydrogen-bond donors (Lipinski definition) is 1. The molecule has 0 amide bonds. The van der Waals surface area contributed by atoms with Gasteiger partial charge >= 0.3 is 0 Å². The second-order valence-corrected chi connectivity index (χ2v) is 9.64. The number of para-hydroxylation sites is 2. The second kappa shape index (κ2) is 10.7. The number of nitrogen functional groups attached to an aromatic ring is 1. The van der Waals surface area contributed by atoms with Gasteiger partial charge in [-0.25, -0.2) is 13.1 Å². The molecule has 0 aliphatic rings. The number of nitrogens with two attached hydrogens (primary N) is 1. The van der Waals surface area contributed by atoms with Gasteiger partial charge in [0.1, 0.15) is 0 Å². The van der Waals surface area contributed by atoms with Crippen LogP contribution in [-0.2, 0) is 10.0 Å². The first-order chi connectivity index (χ1) is 15.4. The van der Waals surface area contributed by atoms with Crippen molar-refractivity contribution in [1.82, 2.24) is 19.2 Å². The van der Waals surface area contributed by atoms with Crippen LogP contribution in [-0.4, -0.2) is 60.2 Å². The van der Waals surface area contributed by atoms with Gasteiger partial charge in [-0.1, -0.05) is 49.9 Å². The molecule has 172 valence electrons. The molecule has 32 heavy (non-hydrogen) atoms. The molecule has 0 unspecified atom stereocenters. The van der Waals surface area contributed by atoms with Crippen LogP contribution in [0.5, 0.6) is 11.5 Å². The highest BCUT2D eigenvalue weighted by atomic mass is 32.2. The van der Waals surface area contributed by atoms with E-state index in [-0.39, 0.29) is 4.90 Å². The van der Waals surface area contributed by atoms with E-state index in [0.29, 0.717) is 53.5 Å². The minimum atomic E-state index is -3.58.